The van der Waals surface area contributed by atoms with Crippen LogP contribution in [0.15, 0.2) is 28.1 Å². The van der Waals surface area contributed by atoms with Crippen LogP contribution in [0.5, 0.6) is 0 Å². The van der Waals surface area contributed by atoms with Gasteiger partial charge in [0.25, 0.3) is 0 Å². The van der Waals surface area contributed by atoms with Crippen LogP contribution in [0.2, 0.25) is 0 Å². The summed E-state index contributed by atoms with van der Waals surface area (Å²) < 4.78 is 17.0. The van der Waals surface area contributed by atoms with Gasteiger partial charge in [-0.25, -0.2) is 9.59 Å². The molecule has 2 aliphatic heterocycles. The van der Waals surface area contributed by atoms with Crippen molar-refractivity contribution in [1.29, 1.82) is 0 Å². The van der Waals surface area contributed by atoms with Gasteiger partial charge in [-0.1, -0.05) is 37.5 Å². The van der Waals surface area contributed by atoms with Crippen LogP contribution in [-0.4, -0.2) is 58.7 Å². The minimum Gasteiger partial charge on any atom is -0.457 e. The zero-order valence-corrected chi connectivity index (χ0v) is 24.3. The molecule has 0 aliphatic carbocycles. The molecule has 1 N–H and O–H groups in total. The quantitative estimate of drug-likeness (QED) is 0.0684. The highest BCUT2D eigenvalue weighted by Gasteiger charge is 2.55. The van der Waals surface area contributed by atoms with E-state index in [1.807, 2.05) is 13.8 Å². The molecule has 0 saturated carbocycles. The zero-order chi connectivity index (χ0) is 28.7. The van der Waals surface area contributed by atoms with Crippen molar-refractivity contribution in [3.05, 3.63) is 33.4 Å². The Bertz CT molecular complexity index is 970. The second-order valence-electron chi connectivity index (χ2n) is 11.3. The average molecular weight is 535 g/mol. The van der Waals surface area contributed by atoms with Gasteiger partial charge in [-0.05, 0) is 70.2 Å². The molecule has 1 fully saturated rings. The third kappa shape index (κ3) is 7.67. The summed E-state index contributed by atoms with van der Waals surface area (Å²) in [5.74, 6) is -0.391. The molecule has 38 heavy (non-hydrogen) atoms. The molecule has 1 amide bonds. The molecule has 0 spiro atoms. The molecular weight excluding hydrogens is 488 g/mol. The van der Waals surface area contributed by atoms with Crippen LogP contribution < -0.4 is 0 Å². The Morgan fingerprint density at radius 1 is 1.21 bits per heavy atom. The highest BCUT2D eigenvalue weighted by atomic mass is 16.7. The number of cyclic esters (lactones) is 2. The molecule has 0 aromatic rings. The molecule has 10 nitrogen and oxygen atoms in total. The summed E-state index contributed by atoms with van der Waals surface area (Å²) in [6.07, 6.45) is 5.10. The number of rotatable bonds is 14. The van der Waals surface area contributed by atoms with Gasteiger partial charge in [0.15, 0.2) is 5.60 Å². The topological polar surface area (TPSA) is 134 Å². The lowest BCUT2D eigenvalue weighted by atomic mass is 9.79. The predicted octanol–water partition coefficient (Wildman–Crippen LogP) is 6.40. The van der Waals surface area contributed by atoms with Crippen LogP contribution in [0.1, 0.15) is 93.9 Å². The number of hydrogen-bond donors (Lipinski definition) is 1. The van der Waals surface area contributed by atoms with Gasteiger partial charge < -0.3 is 24.2 Å². The van der Waals surface area contributed by atoms with Crippen LogP contribution in [0.3, 0.4) is 0 Å². The number of ether oxygens (including phenoxy) is 3. The number of azide groups is 1. The number of carbonyl (C=O) groups is 2. The number of allylic oxidation sites excluding steroid dienone is 3. The van der Waals surface area contributed by atoms with Crippen LogP contribution in [0.25, 0.3) is 10.4 Å². The number of amides is 1. The van der Waals surface area contributed by atoms with Crippen molar-refractivity contribution >= 4 is 12.1 Å². The van der Waals surface area contributed by atoms with E-state index in [2.05, 4.69) is 36.9 Å². The summed E-state index contributed by atoms with van der Waals surface area (Å²) in [4.78, 5) is 29.6. The van der Waals surface area contributed by atoms with Crippen molar-refractivity contribution in [2.45, 2.75) is 117 Å². The van der Waals surface area contributed by atoms with E-state index in [1.54, 1.807) is 25.7 Å². The van der Waals surface area contributed by atoms with Crippen LogP contribution in [0.4, 0.5) is 4.79 Å². The maximum Gasteiger partial charge on any atom is 0.410 e. The first-order valence-electron chi connectivity index (χ1n) is 13.7. The first kappa shape index (κ1) is 31.5. The third-order valence-corrected chi connectivity index (χ3v) is 7.81. The molecule has 2 rings (SSSR count). The molecule has 10 heteroatoms. The first-order chi connectivity index (χ1) is 17.8. The van der Waals surface area contributed by atoms with Gasteiger partial charge in [-0.3, -0.25) is 0 Å². The van der Waals surface area contributed by atoms with E-state index in [9.17, 15) is 14.7 Å². The summed E-state index contributed by atoms with van der Waals surface area (Å²) in [5, 5.41) is 14.4. The molecule has 0 bridgehead atoms. The Morgan fingerprint density at radius 3 is 2.53 bits per heavy atom. The largest absolute Gasteiger partial charge is 0.457 e. The van der Waals surface area contributed by atoms with Crippen molar-refractivity contribution in [2.75, 3.05) is 13.1 Å². The molecule has 0 aromatic heterocycles. The molecular formula is C28H46N4O6. The first-order valence-corrected chi connectivity index (χ1v) is 13.7. The Balaban J connectivity index is 2.08. The summed E-state index contributed by atoms with van der Waals surface area (Å²) >= 11 is 0. The molecule has 0 aromatic carbocycles. The van der Waals surface area contributed by atoms with Crippen LogP contribution >= 0.6 is 0 Å². The highest BCUT2D eigenvalue weighted by molar-refractivity contribution is 5.89. The van der Waals surface area contributed by atoms with Crippen LogP contribution in [0, 0.1) is 11.8 Å². The van der Waals surface area contributed by atoms with E-state index in [4.69, 9.17) is 19.7 Å². The smallest absolute Gasteiger partial charge is 0.410 e. The van der Waals surface area contributed by atoms with Gasteiger partial charge >= 0.3 is 12.1 Å². The molecule has 2 heterocycles. The van der Waals surface area contributed by atoms with E-state index >= 15 is 0 Å². The van der Waals surface area contributed by atoms with Crippen LogP contribution in [-0.2, 0) is 19.0 Å². The van der Waals surface area contributed by atoms with Gasteiger partial charge in [0, 0.05) is 38.3 Å². The number of aliphatic hydroxyl groups excluding tert-OH is 1. The Morgan fingerprint density at radius 2 is 1.89 bits per heavy atom. The summed E-state index contributed by atoms with van der Waals surface area (Å²) in [6.45, 7) is 16.1. The number of esters is 1. The van der Waals surface area contributed by atoms with Crippen molar-refractivity contribution < 1.29 is 28.9 Å². The summed E-state index contributed by atoms with van der Waals surface area (Å²) in [5.41, 5.74) is 9.20. The molecule has 0 radical (unpaired) electrons. The van der Waals surface area contributed by atoms with Crippen molar-refractivity contribution in [3.8, 4) is 0 Å². The number of aliphatic hydroxyl groups is 1. The molecule has 214 valence electrons. The minimum atomic E-state index is -0.994. The molecule has 0 unspecified atom stereocenters. The fraction of sp³-hybridized carbons (Fsp3) is 0.786. The Kier molecular flexibility index (Phi) is 11.1. The van der Waals surface area contributed by atoms with Crippen molar-refractivity contribution in [2.24, 2.45) is 17.0 Å². The fourth-order valence-electron chi connectivity index (χ4n) is 5.39. The SMILES string of the molecule is CC[C@@H](O)[C@@]1(C)OC(=O)N(CCCCN=[N+]=[N-])[C@@H]1[C@@H](C)CC/C=C(\C)[C@H](C)CC1=C(C)C(=O)OC(C)(C)O1. The lowest BCUT2D eigenvalue weighted by molar-refractivity contribution is -0.208. The van der Waals surface area contributed by atoms with E-state index in [1.165, 1.54) is 5.57 Å². The number of unbranched alkanes of at least 4 members (excludes halogenated alkanes) is 1. The zero-order valence-electron chi connectivity index (χ0n) is 24.3. The maximum atomic E-state index is 12.9. The van der Waals surface area contributed by atoms with Gasteiger partial charge in [0.1, 0.15) is 5.76 Å². The van der Waals surface area contributed by atoms with E-state index in [0.29, 0.717) is 50.1 Å². The van der Waals surface area contributed by atoms with Gasteiger partial charge in [0.05, 0.1) is 17.7 Å². The lowest BCUT2D eigenvalue weighted by Crippen LogP contribution is -2.54. The maximum absolute atomic E-state index is 12.9. The van der Waals surface area contributed by atoms with Crippen molar-refractivity contribution in [3.63, 3.8) is 0 Å². The molecule has 1 saturated heterocycles. The molecule has 2 aliphatic rings. The van der Waals surface area contributed by atoms with E-state index < -0.39 is 23.6 Å². The molecule has 5 atom stereocenters. The second-order valence-corrected chi connectivity index (χ2v) is 11.3. The van der Waals surface area contributed by atoms with Gasteiger partial charge in [-0.15, -0.1) is 0 Å². The number of carbonyl (C=O) groups excluding carboxylic acids is 2. The second kappa shape index (κ2) is 13.4. The average Bonchev–Trinajstić information content (AvgIpc) is 3.11. The predicted molar refractivity (Wildman–Crippen MR) is 145 cm³/mol. The monoisotopic (exact) mass is 534 g/mol. The summed E-state index contributed by atoms with van der Waals surface area (Å²) in [7, 11) is 0. The normalized spacial score (nSPS) is 25.8. The van der Waals surface area contributed by atoms with Gasteiger partial charge in [-0.2, -0.15) is 0 Å². The Labute approximate surface area is 227 Å². The highest BCUT2D eigenvalue weighted by Crippen LogP contribution is 2.40. The van der Waals surface area contributed by atoms with Gasteiger partial charge in [0.2, 0.25) is 5.79 Å². The van der Waals surface area contributed by atoms with E-state index in [0.717, 1.165) is 12.8 Å². The number of hydrogen-bond acceptors (Lipinski definition) is 7. The number of nitrogens with zero attached hydrogens (tertiary/aromatic N) is 4. The fourth-order valence-corrected chi connectivity index (χ4v) is 5.39. The third-order valence-electron chi connectivity index (χ3n) is 7.81. The standard InChI is InChI=1S/C28H46N4O6/c1-9-23(33)28(8)24(32(26(35)38-28)16-11-10-15-30-31-29)19(3)14-12-13-18(2)20(4)17-22-21(5)25(34)37-27(6,7)36-22/h13,19-20,23-24,33H,9-12,14-17H2,1-8H3/b18-13+/t19-,20+,23+,24+,28+/m0/s1. The summed E-state index contributed by atoms with van der Waals surface area (Å²) in [6, 6.07) is -0.271. The van der Waals surface area contributed by atoms with Crippen molar-refractivity contribution in [1.82, 2.24) is 4.90 Å². The van der Waals surface area contributed by atoms with E-state index in [-0.39, 0.29) is 23.8 Å². The minimum absolute atomic E-state index is 0.0753. The lowest BCUT2D eigenvalue weighted by Gasteiger charge is -2.38. The Hall–Kier alpha value is -2.71.